The molecule has 1 spiro atoms. The Morgan fingerprint density at radius 1 is 1.58 bits per heavy atom. The summed E-state index contributed by atoms with van der Waals surface area (Å²) in [5.41, 5.74) is 0.348. The average Bonchev–Trinajstić information content (AvgIpc) is 2.28. The molecule has 1 N–H and O–H groups in total. The van der Waals surface area contributed by atoms with Crippen molar-refractivity contribution in [1.82, 2.24) is 10.2 Å². The van der Waals surface area contributed by atoms with E-state index in [-0.39, 0.29) is 0 Å². The third-order valence-corrected chi connectivity index (χ3v) is 3.12. The fourth-order valence-electron chi connectivity index (χ4n) is 2.40. The van der Waals surface area contributed by atoms with Crippen LogP contribution in [0.2, 0.25) is 0 Å². The molecule has 1 unspecified atom stereocenters. The van der Waals surface area contributed by atoms with Gasteiger partial charge in [-0.25, -0.2) is 4.39 Å². The molecule has 12 heavy (non-hydrogen) atoms. The lowest BCUT2D eigenvalue weighted by molar-refractivity contribution is 0.0594. The van der Waals surface area contributed by atoms with Gasteiger partial charge in [-0.15, -0.1) is 0 Å². The fraction of sp³-hybridized carbons (Fsp3) is 1.00. The van der Waals surface area contributed by atoms with E-state index in [0.717, 1.165) is 19.6 Å². The van der Waals surface area contributed by atoms with Gasteiger partial charge in [0.2, 0.25) is 0 Å². The topological polar surface area (TPSA) is 15.3 Å². The van der Waals surface area contributed by atoms with E-state index in [0.29, 0.717) is 12.1 Å². The van der Waals surface area contributed by atoms with E-state index >= 15 is 0 Å². The number of nitrogens with one attached hydrogen (secondary N) is 1. The van der Waals surface area contributed by atoms with E-state index in [2.05, 4.69) is 10.2 Å². The average molecular weight is 172 g/mol. The second-order valence-electron chi connectivity index (χ2n) is 4.16. The van der Waals surface area contributed by atoms with Crippen molar-refractivity contribution in [2.75, 3.05) is 26.2 Å². The maximum atomic E-state index is 12.8. The van der Waals surface area contributed by atoms with Crippen LogP contribution in [0.5, 0.6) is 0 Å². The molecule has 3 heteroatoms. The van der Waals surface area contributed by atoms with Crippen LogP contribution >= 0.6 is 0 Å². The Balaban J connectivity index is 1.95. The second kappa shape index (κ2) is 2.96. The van der Waals surface area contributed by atoms with Gasteiger partial charge >= 0.3 is 0 Å². The van der Waals surface area contributed by atoms with E-state index < -0.39 is 6.17 Å². The van der Waals surface area contributed by atoms with Crippen molar-refractivity contribution in [2.24, 2.45) is 0 Å². The van der Waals surface area contributed by atoms with Crippen LogP contribution in [0.25, 0.3) is 0 Å². The summed E-state index contributed by atoms with van der Waals surface area (Å²) in [7, 11) is 0. The normalized spacial score (nSPS) is 30.5. The third-order valence-electron chi connectivity index (χ3n) is 3.12. The van der Waals surface area contributed by atoms with Gasteiger partial charge in [-0.05, 0) is 26.3 Å². The Bertz CT molecular complexity index is 166. The van der Waals surface area contributed by atoms with Crippen LogP contribution in [0, 0.1) is 0 Å². The monoisotopic (exact) mass is 172 g/mol. The quantitative estimate of drug-likeness (QED) is 0.662. The molecule has 2 aliphatic rings. The first-order valence-electron chi connectivity index (χ1n) is 4.83. The molecule has 0 aromatic carbocycles. The Hall–Kier alpha value is -0.150. The SMILES string of the molecule is CC(F)CN1CCCC12CNC2. The maximum absolute atomic E-state index is 12.8. The lowest BCUT2D eigenvalue weighted by atomic mass is 9.89. The Morgan fingerprint density at radius 2 is 2.33 bits per heavy atom. The minimum absolute atomic E-state index is 0.348. The van der Waals surface area contributed by atoms with Gasteiger partial charge in [0.25, 0.3) is 0 Å². The summed E-state index contributed by atoms with van der Waals surface area (Å²) in [4.78, 5) is 2.33. The minimum atomic E-state index is -0.680. The summed E-state index contributed by atoms with van der Waals surface area (Å²) < 4.78 is 12.8. The van der Waals surface area contributed by atoms with Crippen molar-refractivity contribution in [3.8, 4) is 0 Å². The van der Waals surface area contributed by atoms with Crippen LogP contribution in [-0.2, 0) is 0 Å². The van der Waals surface area contributed by atoms with Crippen molar-refractivity contribution < 1.29 is 4.39 Å². The number of alkyl halides is 1. The Labute approximate surface area is 73.1 Å². The molecule has 1 atom stereocenters. The zero-order chi connectivity index (χ0) is 8.60. The van der Waals surface area contributed by atoms with Crippen LogP contribution < -0.4 is 5.32 Å². The van der Waals surface area contributed by atoms with Crippen LogP contribution in [0.1, 0.15) is 19.8 Å². The first-order chi connectivity index (χ1) is 5.73. The minimum Gasteiger partial charge on any atom is -0.313 e. The number of rotatable bonds is 2. The molecule has 0 radical (unpaired) electrons. The molecule has 2 aliphatic heterocycles. The van der Waals surface area contributed by atoms with Gasteiger partial charge in [0, 0.05) is 25.2 Å². The van der Waals surface area contributed by atoms with E-state index in [4.69, 9.17) is 0 Å². The fourth-order valence-corrected chi connectivity index (χ4v) is 2.40. The molecular formula is C9H17FN2. The van der Waals surface area contributed by atoms with Crippen molar-refractivity contribution in [3.05, 3.63) is 0 Å². The van der Waals surface area contributed by atoms with Crippen molar-refractivity contribution in [1.29, 1.82) is 0 Å². The molecule has 70 valence electrons. The highest BCUT2D eigenvalue weighted by atomic mass is 19.1. The molecule has 2 nitrogen and oxygen atoms in total. The smallest absolute Gasteiger partial charge is 0.110 e. The van der Waals surface area contributed by atoms with E-state index in [1.807, 2.05) is 0 Å². The lowest BCUT2D eigenvalue weighted by Crippen LogP contribution is -2.66. The van der Waals surface area contributed by atoms with Crippen LogP contribution in [-0.4, -0.2) is 42.8 Å². The van der Waals surface area contributed by atoms with Gasteiger partial charge in [-0.2, -0.15) is 0 Å². The van der Waals surface area contributed by atoms with Crippen LogP contribution in [0.3, 0.4) is 0 Å². The highest BCUT2D eigenvalue weighted by molar-refractivity contribution is 5.05. The van der Waals surface area contributed by atoms with Crippen molar-refractivity contribution in [3.63, 3.8) is 0 Å². The standard InChI is InChI=1S/C9H17FN2/c1-8(10)5-12-4-2-3-9(12)6-11-7-9/h8,11H,2-7H2,1H3. The molecule has 2 rings (SSSR count). The zero-order valence-corrected chi connectivity index (χ0v) is 7.65. The maximum Gasteiger partial charge on any atom is 0.110 e. The Morgan fingerprint density at radius 3 is 2.83 bits per heavy atom. The van der Waals surface area contributed by atoms with Gasteiger partial charge < -0.3 is 5.32 Å². The zero-order valence-electron chi connectivity index (χ0n) is 7.65. The lowest BCUT2D eigenvalue weighted by Gasteiger charge is -2.46. The predicted octanol–water partition coefficient (Wildman–Crippen LogP) is 0.782. The van der Waals surface area contributed by atoms with E-state index in [1.165, 1.54) is 12.8 Å². The number of hydrogen-bond donors (Lipinski definition) is 1. The summed E-state index contributed by atoms with van der Waals surface area (Å²) in [6.07, 6.45) is 1.82. The molecular weight excluding hydrogens is 155 g/mol. The molecule has 2 saturated heterocycles. The molecule has 2 fully saturated rings. The van der Waals surface area contributed by atoms with Gasteiger partial charge in [0.15, 0.2) is 0 Å². The molecule has 0 aromatic rings. The van der Waals surface area contributed by atoms with E-state index in [9.17, 15) is 4.39 Å². The van der Waals surface area contributed by atoms with Crippen molar-refractivity contribution >= 4 is 0 Å². The summed E-state index contributed by atoms with van der Waals surface area (Å²) in [5.74, 6) is 0. The first-order valence-corrected chi connectivity index (χ1v) is 4.83. The molecule has 0 aliphatic carbocycles. The summed E-state index contributed by atoms with van der Waals surface area (Å²) in [5, 5.41) is 3.28. The van der Waals surface area contributed by atoms with Crippen molar-refractivity contribution in [2.45, 2.75) is 31.5 Å². The third kappa shape index (κ3) is 1.25. The van der Waals surface area contributed by atoms with Gasteiger partial charge in [0.1, 0.15) is 6.17 Å². The molecule has 0 bridgehead atoms. The second-order valence-corrected chi connectivity index (χ2v) is 4.16. The molecule has 0 aromatic heterocycles. The number of hydrogen-bond acceptors (Lipinski definition) is 2. The summed E-state index contributed by atoms with van der Waals surface area (Å²) >= 11 is 0. The van der Waals surface area contributed by atoms with E-state index in [1.54, 1.807) is 6.92 Å². The summed E-state index contributed by atoms with van der Waals surface area (Å²) in [6, 6.07) is 0. The van der Waals surface area contributed by atoms with Gasteiger partial charge in [0.05, 0.1) is 0 Å². The van der Waals surface area contributed by atoms with Crippen LogP contribution in [0.4, 0.5) is 4.39 Å². The number of halogens is 1. The Kier molecular flexibility index (Phi) is 2.09. The summed E-state index contributed by atoms with van der Waals surface area (Å²) in [6.45, 7) is 5.51. The molecule has 2 heterocycles. The predicted molar refractivity (Wildman–Crippen MR) is 47.0 cm³/mol. The highest BCUT2D eigenvalue weighted by Gasteiger charge is 2.45. The number of nitrogens with zero attached hydrogens (tertiary/aromatic N) is 1. The number of likely N-dealkylation sites (tertiary alicyclic amines) is 1. The van der Waals surface area contributed by atoms with Gasteiger partial charge in [-0.1, -0.05) is 0 Å². The van der Waals surface area contributed by atoms with Crippen LogP contribution in [0.15, 0.2) is 0 Å². The largest absolute Gasteiger partial charge is 0.313 e. The van der Waals surface area contributed by atoms with Gasteiger partial charge in [-0.3, -0.25) is 4.90 Å². The molecule has 0 saturated carbocycles. The highest BCUT2D eigenvalue weighted by Crippen LogP contribution is 2.32. The first kappa shape index (κ1) is 8.45. The molecule has 0 amide bonds.